The Morgan fingerprint density at radius 2 is 1.78 bits per heavy atom. The van der Waals surface area contributed by atoms with E-state index >= 15 is 0 Å². The van der Waals surface area contributed by atoms with Crippen LogP contribution in [0.1, 0.15) is 33.3 Å². The van der Waals surface area contributed by atoms with Crippen LogP contribution in [0.5, 0.6) is 0 Å². The maximum absolute atomic E-state index is 13.2. The molecule has 0 saturated carbocycles. The molecule has 27 heavy (non-hydrogen) atoms. The zero-order valence-electron chi connectivity index (χ0n) is 14.7. The van der Waals surface area contributed by atoms with E-state index in [0.29, 0.717) is 11.4 Å². The fourth-order valence-electron chi connectivity index (χ4n) is 2.60. The van der Waals surface area contributed by atoms with Gasteiger partial charge in [0.2, 0.25) is 0 Å². The zero-order chi connectivity index (χ0) is 19.2. The quantitative estimate of drug-likeness (QED) is 0.710. The number of carbonyl (C=O) groups excluding carboxylic acids is 2. The number of amides is 2. The summed E-state index contributed by atoms with van der Waals surface area (Å²) in [5, 5.41) is 5.41. The summed E-state index contributed by atoms with van der Waals surface area (Å²) in [6, 6.07) is 16.0. The lowest BCUT2D eigenvalue weighted by atomic mass is 10.1. The first-order chi connectivity index (χ1) is 13.1. The number of pyridine rings is 1. The summed E-state index contributed by atoms with van der Waals surface area (Å²) >= 11 is 0. The molecule has 2 N–H and O–H groups in total. The number of nitrogens with one attached hydrogen (secondary N) is 2. The molecule has 3 aromatic rings. The van der Waals surface area contributed by atoms with Gasteiger partial charge in [0.05, 0.1) is 0 Å². The number of nitrogens with zero attached hydrogens (tertiary/aromatic N) is 1. The first-order valence-corrected chi connectivity index (χ1v) is 8.49. The van der Waals surface area contributed by atoms with Gasteiger partial charge >= 0.3 is 0 Å². The summed E-state index contributed by atoms with van der Waals surface area (Å²) < 4.78 is 13.2. The number of hydrogen-bond acceptors (Lipinski definition) is 3. The van der Waals surface area contributed by atoms with Crippen molar-refractivity contribution in [1.29, 1.82) is 0 Å². The van der Waals surface area contributed by atoms with E-state index in [4.69, 9.17) is 0 Å². The van der Waals surface area contributed by atoms with Crippen molar-refractivity contribution in [2.75, 3.05) is 10.6 Å². The highest BCUT2D eigenvalue weighted by atomic mass is 19.1. The largest absolute Gasteiger partial charge is 0.322 e. The number of benzene rings is 2. The predicted octanol–water partition coefficient (Wildman–Crippen LogP) is 4.29. The monoisotopic (exact) mass is 363 g/mol. The minimum Gasteiger partial charge on any atom is -0.322 e. The molecule has 0 saturated heterocycles. The second-order valence-corrected chi connectivity index (χ2v) is 5.86. The molecule has 5 nitrogen and oxygen atoms in total. The van der Waals surface area contributed by atoms with E-state index < -0.39 is 17.6 Å². The summed E-state index contributed by atoms with van der Waals surface area (Å²) in [6.07, 6.45) is 2.17. The summed E-state index contributed by atoms with van der Waals surface area (Å²) in [6.45, 7) is 2.00. The third-order valence-electron chi connectivity index (χ3n) is 3.98. The third-order valence-corrected chi connectivity index (χ3v) is 3.98. The van der Waals surface area contributed by atoms with Crippen molar-refractivity contribution in [2.45, 2.75) is 13.3 Å². The molecule has 0 atom stereocenters. The topological polar surface area (TPSA) is 71.1 Å². The lowest BCUT2D eigenvalue weighted by Crippen LogP contribution is -2.17. The fraction of sp³-hybridized carbons (Fsp3) is 0.0952. The Morgan fingerprint density at radius 1 is 0.963 bits per heavy atom. The van der Waals surface area contributed by atoms with Crippen molar-refractivity contribution >= 4 is 23.2 Å². The molecule has 2 amide bonds. The molecule has 0 unspecified atom stereocenters. The summed E-state index contributed by atoms with van der Waals surface area (Å²) in [5.41, 5.74) is 2.42. The summed E-state index contributed by atoms with van der Waals surface area (Å²) in [4.78, 5) is 28.9. The van der Waals surface area contributed by atoms with Crippen LogP contribution in [0.25, 0.3) is 0 Å². The SMILES string of the molecule is CCc1ccccc1NC(=O)c1cc(C(=O)Nc2cccc(F)c2)ccn1. The Labute approximate surface area is 156 Å². The first kappa shape index (κ1) is 18.3. The molecule has 136 valence electrons. The molecule has 0 aliphatic heterocycles. The molecular formula is C21H18FN3O2. The highest BCUT2D eigenvalue weighted by Crippen LogP contribution is 2.17. The van der Waals surface area contributed by atoms with Crippen molar-refractivity contribution in [3.63, 3.8) is 0 Å². The van der Waals surface area contributed by atoms with Crippen LogP contribution in [0, 0.1) is 5.82 Å². The number of aromatic nitrogens is 1. The lowest BCUT2D eigenvalue weighted by Gasteiger charge is -2.10. The van der Waals surface area contributed by atoms with Crippen LogP contribution in [-0.2, 0) is 6.42 Å². The average molecular weight is 363 g/mol. The van der Waals surface area contributed by atoms with Gasteiger partial charge in [-0.25, -0.2) is 4.39 Å². The molecule has 0 radical (unpaired) electrons. The Morgan fingerprint density at radius 3 is 2.56 bits per heavy atom. The lowest BCUT2D eigenvalue weighted by molar-refractivity contribution is 0.102. The van der Waals surface area contributed by atoms with Crippen LogP contribution >= 0.6 is 0 Å². The Balaban J connectivity index is 1.76. The van der Waals surface area contributed by atoms with Crippen LogP contribution in [0.15, 0.2) is 66.9 Å². The number of carbonyl (C=O) groups is 2. The number of rotatable bonds is 5. The highest BCUT2D eigenvalue weighted by Gasteiger charge is 2.13. The molecule has 0 spiro atoms. The fourth-order valence-corrected chi connectivity index (χ4v) is 2.60. The predicted molar refractivity (Wildman–Crippen MR) is 102 cm³/mol. The molecule has 1 aromatic heterocycles. The van der Waals surface area contributed by atoms with Crippen LogP contribution in [0.3, 0.4) is 0 Å². The highest BCUT2D eigenvalue weighted by molar-refractivity contribution is 6.08. The normalized spacial score (nSPS) is 10.3. The maximum atomic E-state index is 13.2. The number of halogens is 1. The van der Waals surface area contributed by atoms with Crippen LogP contribution in [-0.4, -0.2) is 16.8 Å². The van der Waals surface area contributed by atoms with Crippen molar-refractivity contribution in [3.8, 4) is 0 Å². The minimum atomic E-state index is -0.453. The molecule has 0 fully saturated rings. The molecule has 6 heteroatoms. The molecule has 2 aromatic carbocycles. The van der Waals surface area contributed by atoms with Crippen molar-refractivity contribution in [2.24, 2.45) is 0 Å². The van der Waals surface area contributed by atoms with E-state index in [-0.39, 0.29) is 11.3 Å². The number of anilines is 2. The van der Waals surface area contributed by atoms with Crippen LogP contribution in [0.2, 0.25) is 0 Å². The molecule has 0 aliphatic rings. The van der Waals surface area contributed by atoms with Gasteiger partial charge in [0.15, 0.2) is 0 Å². The second kappa shape index (κ2) is 8.23. The van der Waals surface area contributed by atoms with E-state index in [1.54, 1.807) is 6.07 Å². The van der Waals surface area contributed by atoms with Gasteiger partial charge in [-0.3, -0.25) is 14.6 Å². The summed E-state index contributed by atoms with van der Waals surface area (Å²) in [7, 11) is 0. The number of hydrogen-bond donors (Lipinski definition) is 2. The van der Waals surface area contributed by atoms with Gasteiger partial charge in [0.25, 0.3) is 11.8 Å². The molecule has 1 heterocycles. The second-order valence-electron chi connectivity index (χ2n) is 5.86. The standard InChI is InChI=1S/C21H18FN3O2/c1-2-14-6-3-4-9-18(14)25-21(27)19-12-15(10-11-23-19)20(26)24-17-8-5-7-16(22)13-17/h3-13H,2H2,1H3,(H,24,26)(H,25,27). The van der Waals surface area contributed by atoms with Gasteiger partial charge in [-0.2, -0.15) is 0 Å². The van der Waals surface area contributed by atoms with E-state index in [2.05, 4.69) is 15.6 Å². The minimum absolute atomic E-state index is 0.118. The Kier molecular flexibility index (Phi) is 5.56. The molecule has 0 bridgehead atoms. The van der Waals surface area contributed by atoms with Gasteiger partial charge in [-0.1, -0.05) is 31.2 Å². The molecular weight excluding hydrogens is 345 g/mol. The van der Waals surface area contributed by atoms with Gasteiger partial charge in [-0.05, 0) is 48.4 Å². The summed E-state index contributed by atoms with van der Waals surface area (Å²) in [5.74, 6) is -1.31. The average Bonchev–Trinajstić information content (AvgIpc) is 2.68. The van der Waals surface area contributed by atoms with Gasteiger partial charge in [-0.15, -0.1) is 0 Å². The maximum Gasteiger partial charge on any atom is 0.274 e. The number of para-hydroxylation sites is 1. The van der Waals surface area contributed by atoms with Crippen molar-refractivity contribution < 1.29 is 14.0 Å². The number of aryl methyl sites for hydroxylation is 1. The van der Waals surface area contributed by atoms with E-state index in [1.165, 1.54) is 36.5 Å². The van der Waals surface area contributed by atoms with Crippen LogP contribution in [0.4, 0.5) is 15.8 Å². The van der Waals surface area contributed by atoms with E-state index in [9.17, 15) is 14.0 Å². The smallest absolute Gasteiger partial charge is 0.274 e. The Hall–Kier alpha value is -3.54. The van der Waals surface area contributed by atoms with Gasteiger partial charge < -0.3 is 10.6 Å². The van der Waals surface area contributed by atoms with Gasteiger partial charge in [0, 0.05) is 23.1 Å². The first-order valence-electron chi connectivity index (χ1n) is 8.49. The van der Waals surface area contributed by atoms with Gasteiger partial charge in [0.1, 0.15) is 11.5 Å². The molecule has 3 rings (SSSR count). The van der Waals surface area contributed by atoms with Crippen molar-refractivity contribution in [1.82, 2.24) is 4.98 Å². The Bertz CT molecular complexity index is 988. The van der Waals surface area contributed by atoms with Crippen LogP contribution < -0.4 is 10.6 Å². The zero-order valence-corrected chi connectivity index (χ0v) is 14.7. The van der Waals surface area contributed by atoms with Crippen molar-refractivity contribution in [3.05, 3.63) is 89.5 Å². The van der Waals surface area contributed by atoms with E-state index in [0.717, 1.165) is 12.0 Å². The third kappa shape index (κ3) is 4.55. The van der Waals surface area contributed by atoms with E-state index in [1.807, 2.05) is 31.2 Å². The molecule has 0 aliphatic carbocycles.